The van der Waals surface area contributed by atoms with Crippen LogP contribution in [0.5, 0.6) is 0 Å². The second-order valence-corrected chi connectivity index (χ2v) is 5.42. The van der Waals surface area contributed by atoms with Gasteiger partial charge in [-0.05, 0) is 24.8 Å². The Balaban J connectivity index is 2.65. The van der Waals surface area contributed by atoms with E-state index < -0.39 is 0 Å². The second kappa shape index (κ2) is 5.84. The molecular formula is C13H24N4. The van der Waals surface area contributed by atoms with E-state index >= 15 is 0 Å². The highest BCUT2D eigenvalue weighted by atomic mass is 15.1. The van der Waals surface area contributed by atoms with Crippen molar-refractivity contribution in [2.45, 2.75) is 47.1 Å². The maximum Gasteiger partial charge on any atom is 0.224 e. The summed E-state index contributed by atoms with van der Waals surface area (Å²) in [4.78, 5) is 8.61. The van der Waals surface area contributed by atoms with Crippen molar-refractivity contribution in [1.82, 2.24) is 9.97 Å². The predicted octanol–water partition coefficient (Wildman–Crippen LogP) is 3.15. The minimum absolute atomic E-state index is 0.210. The summed E-state index contributed by atoms with van der Waals surface area (Å²) >= 11 is 0. The Hall–Kier alpha value is -1.32. The molecule has 96 valence electrons. The third-order valence-corrected chi connectivity index (χ3v) is 2.85. The number of hydrogen-bond donors (Lipinski definition) is 2. The predicted molar refractivity (Wildman–Crippen MR) is 73.4 cm³/mol. The lowest BCUT2D eigenvalue weighted by Gasteiger charge is -2.28. The molecule has 0 aliphatic carbocycles. The SMILES string of the molecule is CCCNc1nccc(NC(C)C(C)(C)C)n1. The van der Waals surface area contributed by atoms with E-state index in [2.05, 4.69) is 55.2 Å². The Morgan fingerprint density at radius 2 is 2.06 bits per heavy atom. The second-order valence-electron chi connectivity index (χ2n) is 5.42. The molecule has 0 aliphatic rings. The van der Waals surface area contributed by atoms with Gasteiger partial charge in [0.1, 0.15) is 5.82 Å². The fourth-order valence-electron chi connectivity index (χ4n) is 1.20. The van der Waals surface area contributed by atoms with Crippen molar-refractivity contribution in [3.63, 3.8) is 0 Å². The summed E-state index contributed by atoms with van der Waals surface area (Å²) in [5.74, 6) is 1.57. The number of nitrogens with zero attached hydrogens (tertiary/aromatic N) is 2. The fraction of sp³-hybridized carbons (Fsp3) is 0.692. The molecule has 17 heavy (non-hydrogen) atoms. The van der Waals surface area contributed by atoms with Crippen LogP contribution in [-0.2, 0) is 0 Å². The third kappa shape index (κ3) is 4.59. The van der Waals surface area contributed by atoms with Gasteiger partial charge in [0.05, 0.1) is 0 Å². The average molecular weight is 236 g/mol. The van der Waals surface area contributed by atoms with Crippen molar-refractivity contribution in [2.75, 3.05) is 17.2 Å². The van der Waals surface area contributed by atoms with Crippen LogP contribution in [0, 0.1) is 5.41 Å². The van der Waals surface area contributed by atoms with Gasteiger partial charge in [0.2, 0.25) is 5.95 Å². The first-order valence-electron chi connectivity index (χ1n) is 6.27. The van der Waals surface area contributed by atoms with Crippen molar-refractivity contribution >= 4 is 11.8 Å². The van der Waals surface area contributed by atoms with E-state index in [0.29, 0.717) is 12.0 Å². The van der Waals surface area contributed by atoms with Gasteiger partial charge in [-0.15, -0.1) is 0 Å². The summed E-state index contributed by atoms with van der Waals surface area (Å²) < 4.78 is 0. The van der Waals surface area contributed by atoms with Gasteiger partial charge in [0.25, 0.3) is 0 Å². The molecule has 0 spiro atoms. The molecule has 0 saturated heterocycles. The molecule has 1 heterocycles. The van der Waals surface area contributed by atoms with E-state index in [0.717, 1.165) is 18.8 Å². The van der Waals surface area contributed by atoms with Crippen LogP contribution < -0.4 is 10.6 Å². The van der Waals surface area contributed by atoms with Crippen LogP contribution in [0.15, 0.2) is 12.3 Å². The van der Waals surface area contributed by atoms with Crippen LogP contribution >= 0.6 is 0 Å². The Morgan fingerprint density at radius 1 is 1.35 bits per heavy atom. The van der Waals surface area contributed by atoms with E-state index in [-0.39, 0.29) is 5.41 Å². The molecule has 0 amide bonds. The summed E-state index contributed by atoms with van der Waals surface area (Å²) in [7, 11) is 0. The largest absolute Gasteiger partial charge is 0.367 e. The molecule has 1 unspecified atom stereocenters. The van der Waals surface area contributed by atoms with Gasteiger partial charge in [-0.2, -0.15) is 4.98 Å². The van der Waals surface area contributed by atoms with Crippen LogP contribution in [0.1, 0.15) is 41.0 Å². The summed E-state index contributed by atoms with van der Waals surface area (Å²) in [5, 5.41) is 6.59. The highest BCUT2D eigenvalue weighted by Gasteiger charge is 2.19. The Kier molecular flexibility index (Phi) is 4.73. The first kappa shape index (κ1) is 13.7. The van der Waals surface area contributed by atoms with Crippen molar-refractivity contribution in [3.05, 3.63) is 12.3 Å². The highest BCUT2D eigenvalue weighted by Crippen LogP contribution is 2.22. The molecule has 1 aromatic rings. The highest BCUT2D eigenvalue weighted by molar-refractivity contribution is 5.40. The Labute approximate surface area is 104 Å². The van der Waals surface area contributed by atoms with Gasteiger partial charge in [-0.25, -0.2) is 4.98 Å². The summed E-state index contributed by atoms with van der Waals surface area (Å²) in [6, 6.07) is 2.26. The maximum absolute atomic E-state index is 4.43. The zero-order chi connectivity index (χ0) is 12.9. The molecule has 4 heteroatoms. The fourth-order valence-corrected chi connectivity index (χ4v) is 1.20. The lowest BCUT2D eigenvalue weighted by Crippen LogP contribution is -2.31. The minimum atomic E-state index is 0.210. The molecule has 1 aromatic heterocycles. The molecule has 0 fully saturated rings. The molecule has 0 bridgehead atoms. The molecule has 0 saturated carbocycles. The number of hydrogen-bond acceptors (Lipinski definition) is 4. The molecule has 0 aromatic carbocycles. The number of rotatable bonds is 5. The monoisotopic (exact) mass is 236 g/mol. The van der Waals surface area contributed by atoms with Crippen LogP contribution in [-0.4, -0.2) is 22.6 Å². The molecule has 1 rings (SSSR count). The lowest BCUT2D eigenvalue weighted by molar-refractivity contribution is 0.359. The summed E-state index contributed by atoms with van der Waals surface area (Å²) in [6.07, 6.45) is 2.85. The van der Waals surface area contributed by atoms with E-state index in [4.69, 9.17) is 0 Å². The number of anilines is 2. The normalized spacial score (nSPS) is 13.2. The van der Waals surface area contributed by atoms with Gasteiger partial charge in [-0.1, -0.05) is 27.7 Å². The Morgan fingerprint density at radius 3 is 2.65 bits per heavy atom. The van der Waals surface area contributed by atoms with Gasteiger partial charge in [0, 0.05) is 18.8 Å². The zero-order valence-electron chi connectivity index (χ0n) is 11.5. The van der Waals surface area contributed by atoms with Crippen LogP contribution in [0.3, 0.4) is 0 Å². The molecule has 0 radical (unpaired) electrons. The zero-order valence-corrected chi connectivity index (χ0v) is 11.5. The van der Waals surface area contributed by atoms with Crippen molar-refractivity contribution in [3.8, 4) is 0 Å². The topological polar surface area (TPSA) is 49.8 Å². The van der Waals surface area contributed by atoms with Crippen LogP contribution in [0.4, 0.5) is 11.8 Å². The first-order valence-corrected chi connectivity index (χ1v) is 6.27. The van der Waals surface area contributed by atoms with Gasteiger partial charge in [0.15, 0.2) is 0 Å². The minimum Gasteiger partial charge on any atom is -0.367 e. The van der Waals surface area contributed by atoms with Crippen molar-refractivity contribution in [2.24, 2.45) is 5.41 Å². The summed E-state index contributed by atoms with van der Waals surface area (Å²) in [6.45, 7) is 11.8. The van der Waals surface area contributed by atoms with Crippen LogP contribution in [0.2, 0.25) is 0 Å². The smallest absolute Gasteiger partial charge is 0.224 e. The summed E-state index contributed by atoms with van der Waals surface area (Å²) in [5.41, 5.74) is 0.210. The first-order chi connectivity index (χ1) is 7.93. The van der Waals surface area contributed by atoms with E-state index in [9.17, 15) is 0 Å². The molecule has 2 N–H and O–H groups in total. The van der Waals surface area contributed by atoms with Gasteiger partial charge < -0.3 is 10.6 Å². The Bertz CT molecular complexity index is 344. The molecule has 1 atom stereocenters. The lowest BCUT2D eigenvalue weighted by atomic mass is 9.88. The van der Waals surface area contributed by atoms with Gasteiger partial charge >= 0.3 is 0 Å². The molecule has 0 aliphatic heterocycles. The van der Waals surface area contributed by atoms with Crippen molar-refractivity contribution < 1.29 is 0 Å². The standard InChI is InChI=1S/C13H24N4/c1-6-8-14-12-15-9-7-11(17-12)16-10(2)13(3,4)5/h7,9-10H,6,8H2,1-5H3,(H2,14,15,16,17). The van der Waals surface area contributed by atoms with Gasteiger partial charge in [-0.3, -0.25) is 0 Å². The number of nitrogens with one attached hydrogen (secondary N) is 2. The number of aromatic nitrogens is 2. The molecular weight excluding hydrogens is 212 g/mol. The van der Waals surface area contributed by atoms with E-state index in [1.54, 1.807) is 6.20 Å². The van der Waals surface area contributed by atoms with E-state index in [1.165, 1.54) is 0 Å². The molecule has 4 nitrogen and oxygen atoms in total. The quantitative estimate of drug-likeness (QED) is 0.824. The third-order valence-electron chi connectivity index (χ3n) is 2.85. The maximum atomic E-state index is 4.43. The van der Waals surface area contributed by atoms with E-state index in [1.807, 2.05) is 6.07 Å². The van der Waals surface area contributed by atoms with Crippen LogP contribution in [0.25, 0.3) is 0 Å². The van der Waals surface area contributed by atoms with Crippen molar-refractivity contribution in [1.29, 1.82) is 0 Å². The average Bonchev–Trinajstić information content (AvgIpc) is 2.25.